The van der Waals surface area contributed by atoms with Gasteiger partial charge in [-0.2, -0.15) is 0 Å². The van der Waals surface area contributed by atoms with Crippen LogP contribution >= 0.6 is 0 Å². The second kappa shape index (κ2) is 6.71. The van der Waals surface area contributed by atoms with Gasteiger partial charge in [-0.1, -0.05) is 6.42 Å². The van der Waals surface area contributed by atoms with Gasteiger partial charge in [0.2, 0.25) is 0 Å². The second-order valence-corrected chi connectivity index (χ2v) is 4.78. The minimum atomic E-state index is -0.492. The third-order valence-electron chi connectivity index (χ3n) is 3.17. The van der Waals surface area contributed by atoms with Gasteiger partial charge in [-0.3, -0.25) is 0 Å². The van der Waals surface area contributed by atoms with E-state index in [1.807, 2.05) is 0 Å². The molecule has 0 aromatic heterocycles. The summed E-state index contributed by atoms with van der Waals surface area (Å²) in [5.41, 5.74) is 0. The number of piperidine rings is 1. The van der Waals surface area contributed by atoms with Gasteiger partial charge in [-0.05, 0) is 50.2 Å². The Morgan fingerprint density at radius 2 is 1.83 bits per heavy atom. The third-order valence-corrected chi connectivity index (χ3v) is 3.17. The Hall–Kier alpha value is -1.13. The first-order valence-corrected chi connectivity index (χ1v) is 6.53. The highest BCUT2D eigenvalue weighted by atomic mass is 19.1. The Balaban J connectivity index is 1.70. The first kappa shape index (κ1) is 13.3. The van der Waals surface area contributed by atoms with Crippen molar-refractivity contribution < 1.29 is 14.2 Å². The SMILES string of the molecule is OC(COc1ccc(F)cc1)CN1CCCCC1. The molecule has 1 unspecified atom stereocenters. The predicted molar refractivity (Wildman–Crippen MR) is 68.2 cm³/mol. The van der Waals surface area contributed by atoms with Gasteiger partial charge in [0, 0.05) is 6.54 Å². The highest BCUT2D eigenvalue weighted by Crippen LogP contribution is 2.12. The smallest absolute Gasteiger partial charge is 0.123 e. The van der Waals surface area contributed by atoms with E-state index in [1.54, 1.807) is 12.1 Å². The molecule has 1 aliphatic rings. The molecule has 100 valence electrons. The lowest BCUT2D eigenvalue weighted by atomic mass is 10.1. The maximum absolute atomic E-state index is 12.7. The van der Waals surface area contributed by atoms with Crippen molar-refractivity contribution in [1.29, 1.82) is 0 Å². The number of rotatable bonds is 5. The number of hydrogen-bond acceptors (Lipinski definition) is 3. The van der Waals surface area contributed by atoms with Crippen molar-refractivity contribution >= 4 is 0 Å². The molecule has 0 radical (unpaired) electrons. The normalized spacial score (nSPS) is 18.6. The van der Waals surface area contributed by atoms with Crippen LogP contribution in [0.3, 0.4) is 0 Å². The topological polar surface area (TPSA) is 32.7 Å². The Morgan fingerprint density at radius 3 is 2.50 bits per heavy atom. The lowest BCUT2D eigenvalue weighted by Gasteiger charge is -2.28. The molecule has 1 atom stereocenters. The number of nitrogens with zero attached hydrogens (tertiary/aromatic N) is 1. The van der Waals surface area contributed by atoms with Gasteiger partial charge < -0.3 is 14.7 Å². The number of β-amino-alcohol motifs (C(OH)–C–C–N with tert-alkyl or cyclic N) is 1. The Labute approximate surface area is 107 Å². The first-order chi connectivity index (χ1) is 8.74. The van der Waals surface area contributed by atoms with Crippen molar-refractivity contribution in [3.63, 3.8) is 0 Å². The number of ether oxygens (including phenoxy) is 1. The molecule has 0 spiro atoms. The summed E-state index contributed by atoms with van der Waals surface area (Å²) in [5, 5.41) is 9.88. The summed E-state index contributed by atoms with van der Waals surface area (Å²) in [6.07, 6.45) is 3.23. The zero-order valence-corrected chi connectivity index (χ0v) is 10.5. The van der Waals surface area contributed by atoms with Gasteiger partial charge >= 0.3 is 0 Å². The monoisotopic (exact) mass is 253 g/mol. The lowest BCUT2D eigenvalue weighted by molar-refractivity contribution is 0.0617. The second-order valence-electron chi connectivity index (χ2n) is 4.78. The Kier molecular flexibility index (Phi) is 4.96. The van der Waals surface area contributed by atoms with E-state index < -0.39 is 6.10 Å². The first-order valence-electron chi connectivity index (χ1n) is 6.53. The van der Waals surface area contributed by atoms with E-state index in [4.69, 9.17) is 4.74 Å². The van der Waals surface area contributed by atoms with Crippen LogP contribution in [0.4, 0.5) is 4.39 Å². The molecule has 1 N–H and O–H groups in total. The zero-order chi connectivity index (χ0) is 12.8. The van der Waals surface area contributed by atoms with Crippen LogP contribution in [0.1, 0.15) is 19.3 Å². The Morgan fingerprint density at radius 1 is 1.17 bits per heavy atom. The predicted octanol–water partition coefficient (Wildman–Crippen LogP) is 2.05. The number of benzene rings is 1. The molecular formula is C14H20FNO2. The molecule has 1 aromatic rings. The van der Waals surface area contributed by atoms with Gasteiger partial charge in [0.05, 0.1) is 0 Å². The van der Waals surface area contributed by atoms with E-state index in [9.17, 15) is 9.50 Å². The molecule has 1 fully saturated rings. The average Bonchev–Trinajstić information content (AvgIpc) is 2.39. The summed E-state index contributed by atoms with van der Waals surface area (Å²) in [6, 6.07) is 5.85. The molecule has 0 bridgehead atoms. The lowest BCUT2D eigenvalue weighted by Crippen LogP contribution is -2.38. The highest BCUT2D eigenvalue weighted by Gasteiger charge is 2.14. The summed E-state index contributed by atoms with van der Waals surface area (Å²) in [6.45, 7) is 3.03. The van der Waals surface area contributed by atoms with Crippen LogP contribution in [-0.4, -0.2) is 42.4 Å². The number of likely N-dealkylation sites (tertiary alicyclic amines) is 1. The van der Waals surface area contributed by atoms with Crippen LogP contribution in [0.2, 0.25) is 0 Å². The van der Waals surface area contributed by atoms with Crippen molar-refractivity contribution in [3.8, 4) is 5.75 Å². The van der Waals surface area contributed by atoms with E-state index >= 15 is 0 Å². The molecule has 0 amide bonds. The fourth-order valence-electron chi connectivity index (χ4n) is 2.22. The molecule has 1 aliphatic heterocycles. The quantitative estimate of drug-likeness (QED) is 0.871. The van der Waals surface area contributed by atoms with Crippen LogP contribution < -0.4 is 4.74 Å². The minimum absolute atomic E-state index is 0.252. The van der Waals surface area contributed by atoms with Crippen LogP contribution in [0, 0.1) is 5.82 Å². The third kappa shape index (κ3) is 4.27. The van der Waals surface area contributed by atoms with E-state index in [-0.39, 0.29) is 12.4 Å². The van der Waals surface area contributed by atoms with Gasteiger partial charge in [0.15, 0.2) is 0 Å². The highest BCUT2D eigenvalue weighted by molar-refractivity contribution is 5.22. The molecule has 1 heterocycles. The van der Waals surface area contributed by atoms with E-state index in [1.165, 1.54) is 31.4 Å². The summed E-state index contributed by atoms with van der Waals surface area (Å²) >= 11 is 0. The van der Waals surface area contributed by atoms with Gasteiger partial charge in [0.1, 0.15) is 24.3 Å². The molecule has 0 saturated carbocycles. The summed E-state index contributed by atoms with van der Waals surface area (Å²) in [4.78, 5) is 2.27. The van der Waals surface area contributed by atoms with Gasteiger partial charge in [0.25, 0.3) is 0 Å². The van der Waals surface area contributed by atoms with E-state index in [0.717, 1.165) is 13.1 Å². The largest absolute Gasteiger partial charge is 0.491 e. The van der Waals surface area contributed by atoms with Crippen LogP contribution in [-0.2, 0) is 0 Å². The fraction of sp³-hybridized carbons (Fsp3) is 0.571. The standard InChI is InChI=1S/C14H20FNO2/c15-12-4-6-14(7-5-12)18-11-13(17)10-16-8-2-1-3-9-16/h4-7,13,17H,1-3,8-11H2. The van der Waals surface area contributed by atoms with Crippen LogP contribution in [0.15, 0.2) is 24.3 Å². The number of halogens is 1. The van der Waals surface area contributed by atoms with Crippen LogP contribution in [0.25, 0.3) is 0 Å². The zero-order valence-electron chi connectivity index (χ0n) is 10.5. The molecule has 0 aliphatic carbocycles. The van der Waals surface area contributed by atoms with Crippen LogP contribution in [0.5, 0.6) is 5.75 Å². The maximum Gasteiger partial charge on any atom is 0.123 e. The number of hydrogen-bond donors (Lipinski definition) is 1. The average molecular weight is 253 g/mol. The van der Waals surface area contributed by atoms with Gasteiger partial charge in [-0.15, -0.1) is 0 Å². The molecular weight excluding hydrogens is 233 g/mol. The minimum Gasteiger partial charge on any atom is -0.491 e. The number of aliphatic hydroxyl groups is 1. The number of aliphatic hydroxyl groups excluding tert-OH is 1. The molecule has 1 saturated heterocycles. The Bertz CT molecular complexity index is 349. The molecule has 1 aromatic carbocycles. The summed E-state index contributed by atoms with van der Waals surface area (Å²) in [7, 11) is 0. The summed E-state index contributed by atoms with van der Waals surface area (Å²) < 4.78 is 18.1. The fourth-order valence-corrected chi connectivity index (χ4v) is 2.22. The van der Waals surface area contributed by atoms with Crippen molar-refractivity contribution in [2.24, 2.45) is 0 Å². The van der Waals surface area contributed by atoms with Crippen molar-refractivity contribution in [1.82, 2.24) is 4.90 Å². The van der Waals surface area contributed by atoms with E-state index in [0.29, 0.717) is 12.3 Å². The van der Waals surface area contributed by atoms with Gasteiger partial charge in [-0.25, -0.2) is 4.39 Å². The van der Waals surface area contributed by atoms with Crippen molar-refractivity contribution in [3.05, 3.63) is 30.1 Å². The van der Waals surface area contributed by atoms with Crippen molar-refractivity contribution in [2.75, 3.05) is 26.2 Å². The van der Waals surface area contributed by atoms with E-state index in [2.05, 4.69) is 4.90 Å². The molecule has 3 nitrogen and oxygen atoms in total. The van der Waals surface area contributed by atoms with Crippen molar-refractivity contribution in [2.45, 2.75) is 25.4 Å². The maximum atomic E-state index is 12.7. The summed E-state index contributed by atoms with van der Waals surface area (Å²) in [5.74, 6) is 0.310. The molecule has 18 heavy (non-hydrogen) atoms. The molecule has 2 rings (SSSR count). The molecule has 4 heteroatoms.